The highest BCUT2D eigenvalue weighted by Crippen LogP contribution is 2.33. The van der Waals surface area contributed by atoms with Gasteiger partial charge in [0.05, 0.1) is 23.7 Å². The largest absolute Gasteiger partial charge is 0.497 e. The van der Waals surface area contributed by atoms with E-state index in [1.165, 1.54) is 16.9 Å². The maximum absolute atomic E-state index is 12.9. The summed E-state index contributed by atoms with van der Waals surface area (Å²) in [5, 5.41) is 3.10. The van der Waals surface area contributed by atoms with E-state index in [0.29, 0.717) is 4.88 Å². The van der Waals surface area contributed by atoms with Gasteiger partial charge in [-0.25, -0.2) is 4.98 Å². The lowest BCUT2D eigenvalue weighted by Crippen LogP contribution is -2.25. The second-order valence-electron chi connectivity index (χ2n) is 7.75. The number of carbonyl (C=O) groups is 1. The third-order valence-corrected chi connectivity index (χ3v) is 6.30. The van der Waals surface area contributed by atoms with Gasteiger partial charge >= 0.3 is 0 Å². The number of hydrogen-bond donors (Lipinski definition) is 1. The Labute approximate surface area is 186 Å². The summed E-state index contributed by atoms with van der Waals surface area (Å²) in [6.45, 7) is 4.05. The molecule has 0 bridgehead atoms. The molecule has 4 aromatic rings. The molecule has 0 aliphatic carbocycles. The van der Waals surface area contributed by atoms with E-state index in [9.17, 15) is 4.79 Å². The summed E-state index contributed by atoms with van der Waals surface area (Å²) in [6.07, 6.45) is 0. The number of anilines is 1. The van der Waals surface area contributed by atoms with Gasteiger partial charge in [0.25, 0.3) is 5.91 Å². The monoisotopic (exact) mass is 434 g/mol. The number of benzene rings is 2. The molecule has 4 rings (SSSR count). The topological polar surface area (TPSA) is 59.4 Å². The van der Waals surface area contributed by atoms with Crippen LogP contribution >= 0.6 is 11.3 Å². The first-order chi connectivity index (χ1) is 14.9. The van der Waals surface area contributed by atoms with E-state index in [-0.39, 0.29) is 11.9 Å². The molecule has 0 saturated carbocycles. The number of nitrogens with zero attached hydrogens (tertiary/aromatic N) is 3. The van der Waals surface area contributed by atoms with E-state index in [1.54, 1.807) is 7.11 Å². The molecular formula is C24H26N4O2S. The molecule has 1 N–H and O–H groups in total. The van der Waals surface area contributed by atoms with Crippen LogP contribution in [0.1, 0.15) is 33.8 Å². The lowest BCUT2D eigenvalue weighted by atomic mass is 10.1. The molecule has 2 aromatic heterocycles. The third-order valence-electron chi connectivity index (χ3n) is 5.20. The molecule has 160 valence electrons. The molecule has 2 heterocycles. The van der Waals surface area contributed by atoms with Crippen molar-refractivity contribution in [2.75, 3.05) is 26.1 Å². The Morgan fingerprint density at radius 1 is 1.13 bits per heavy atom. The number of hydrogen-bond acceptors (Lipinski definition) is 5. The molecule has 31 heavy (non-hydrogen) atoms. The normalized spacial score (nSPS) is 12.0. The van der Waals surface area contributed by atoms with Crippen molar-refractivity contribution < 1.29 is 9.53 Å². The predicted octanol–water partition coefficient (Wildman–Crippen LogP) is 4.96. The number of methoxy groups -OCH3 is 1. The van der Waals surface area contributed by atoms with Gasteiger partial charge in [0.15, 0.2) is 0 Å². The van der Waals surface area contributed by atoms with Crippen molar-refractivity contribution in [1.82, 2.24) is 14.9 Å². The highest BCUT2D eigenvalue weighted by molar-refractivity contribution is 7.20. The maximum Gasteiger partial charge on any atom is 0.261 e. The molecule has 0 aliphatic heterocycles. The fraction of sp³-hybridized carbons (Fsp3) is 0.250. The Morgan fingerprint density at radius 2 is 1.81 bits per heavy atom. The molecule has 2 aromatic carbocycles. The molecule has 0 fully saturated rings. The van der Waals surface area contributed by atoms with Crippen LogP contribution in [0.25, 0.3) is 16.0 Å². The van der Waals surface area contributed by atoms with Gasteiger partial charge in [0.1, 0.15) is 16.1 Å². The van der Waals surface area contributed by atoms with Crippen LogP contribution in [0.3, 0.4) is 0 Å². The first kappa shape index (κ1) is 20.9. The number of aryl methyl sites for hydroxylation is 1. The maximum atomic E-state index is 12.9. The Balaban J connectivity index is 1.66. The first-order valence-corrected chi connectivity index (χ1v) is 10.9. The fourth-order valence-corrected chi connectivity index (χ4v) is 4.46. The minimum absolute atomic E-state index is 0.0800. The summed E-state index contributed by atoms with van der Waals surface area (Å²) < 4.78 is 7.35. The summed E-state index contributed by atoms with van der Waals surface area (Å²) in [7, 11) is 5.57. The van der Waals surface area contributed by atoms with Gasteiger partial charge < -0.3 is 15.0 Å². The number of fused-ring (bicyclic) bond motifs is 1. The molecule has 1 unspecified atom stereocenters. The quantitative estimate of drug-likeness (QED) is 0.466. The Morgan fingerprint density at radius 3 is 2.42 bits per heavy atom. The number of ether oxygens (including phenoxy) is 1. The Bertz CT molecular complexity index is 1210. The average Bonchev–Trinajstić information content (AvgIpc) is 3.32. The predicted molar refractivity (Wildman–Crippen MR) is 127 cm³/mol. The van der Waals surface area contributed by atoms with Crippen molar-refractivity contribution >= 4 is 33.5 Å². The van der Waals surface area contributed by atoms with Crippen molar-refractivity contribution in [3.63, 3.8) is 0 Å². The van der Waals surface area contributed by atoms with Crippen LogP contribution in [-0.2, 0) is 0 Å². The Kier molecular flexibility index (Phi) is 5.69. The first-order valence-electron chi connectivity index (χ1n) is 10.1. The number of imidazole rings is 1. The van der Waals surface area contributed by atoms with Gasteiger partial charge in [-0.3, -0.25) is 9.36 Å². The highest BCUT2D eigenvalue weighted by atomic mass is 32.1. The van der Waals surface area contributed by atoms with Crippen molar-refractivity contribution in [3.8, 4) is 11.4 Å². The van der Waals surface area contributed by atoms with Crippen molar-refractivity contribution in [2.24, 2.45) is 0 Å². The molecule has 7 heteroatoms. The molecule has 0 spiro atoms. The van der Waals surface area contributed by atoms with Crippen LogP contribution in [0.2, 0.25) is 0 Å². The molecule has 6 nitrogen and oxygen atoms in total. The fourth-order valence-electron chi connectivity index (χ4n) is 3.44. The molecule has 1 amide bonds. The van der Waals surface area contributed by atoms with Crippen LogP contribution in [0.15, 0.2) is 54.6 Å². The van der Waals surface area contributed by atoms with Gasteiger partial charge in [0, 0.05) is 14.1 Å². The minimum Gasteiger partial charge on any atom is -0.497 e. The van der Waals surface area contributed by atoms with E-state index in [4.69, 9.17) is 9.72 Å². The minimum atomic E-state index is -0.0937. The lowest BCUT2D eigenvalue weighted by Gasteiger charge is -2.15. The zero-order valence-corrected chi connectivity index (χ0v) is 19.2. The summed E-state index contributed by atoms with van der Waals surface area (Å²) in [6, 6.07) is 17.8. The summed E-state index contributed by atoms with van der Waals surface area (Å²) >= 11 is 1.45. The number of carbonyl (C=O) groups excluding carboxylic acids is 1. The number of rotatable bonds is 6. The lowest BCUT2D eigenvalue weighted by molar-refractivity contribution is 0.0944. The van der Waals surface area contributed by atoms with Gasteiger partial charge in [0.2, 0.25) is 5.95 Å². The summed E-state index contributed by atoms with van der Waals surface area (Å²) in [5.74, 6) is 1.51. The SMILES string of the molecule is COc1ccc(-n2c(N(C)C)nc3cc(C(=O)NC(C)c4ccc(C)cc4)sc32)cc1. The standard InChI is InChI=1S/C24H26N4O2S/c1-15-6-8-17(9-7-15)16(2)25-22(29)21-14-20-23(31-21)28(24(26-20)27(3)4)18-10-12-19(30-5)13-11-18/h6-14,16H,1-5H3,(H,25,29). The van der Waals surface area contributed by atoms with Crippen LogP contribution in [0.5, 0.6) is 5.75 Å². The molecule has 0 radical (unpaired) electrons. The highest BCUT2D eigenvalue weighted by Gasteiger charge is 2.21. The number of amides is 1. The van der Waals surface area contributed by atoms with E-state index in [1.807, 2.05) is 68.4 Å². The number of thiophene rings is 1. The van der Waals surface area contributed by atoms with Gasteiger partial charge in [-0.2, -0.15) is 0 Å². The smallest absolute Gasteiger partial charge is 0.261 e. The summed E-state index contributed by atoms with van der Waals surface area (Å²) in [4.78, 5) is 21.3. The molecule has 1 atom stereocenters. The van der Waals surface area contributed by atoms with E-state index < -0.39 is 0 Å². The van der Waals surface area contributed by atoms with Crippen LogP contribution < -0.4 is 15.0 Å². The second-order valence-corrected chi connectivity index (χ2v) is 8.78. The molecular weight excluding hydrogens is 408 g/mol. The van der Waals surface area contributed by atoms with E-state index in [0.717, 1.165) is 33.3 Å². The van der Waals surface area contributed by atoms with E-state index in [2.05, 4.69) is 28.9 Å². The average molecular weight is 435 g/mol. The van der Waals surface area contributed by atoms with Gasteiger partial charge in [-0.05, 0) is 49.7 Å². The number of aromatic nitrogens is 2. The Hall–Kier alpha value is -3.32. The molecule has 0 aliphatic rings. The third kappa shape index (κ3) is 4.14. The van der Waals surface area contributed by atoms with Crippen LogP contribution in [-0.4, -0.2) is 36.7 Å². The van der Waals surface area contributed by atoms with Crippen molar-refractivity contribution in [3.05, 3.63) is 70.6 Å². The molecule has 0 saturated heterocycles. The summed E-state index contributed by atoms with van der Waals surface area (Å²) in [5.41, 5.74) is 4.05. The van der Waals surface area contributed by atoms with Gasteiger partial charge in [-0.15, -0.1) is 11.3 Å². The van der Waals surface area contributed by atoms with E-state index >= 15 is 0 Å². The zero-order valence-electron chi connectivity index (χ0n) is 18.3. The number of nitrogens with one attached hydrogen (secondary N) is 1. The second kappa shape index (κ2) is 8.43. The van der Waals surface area contributed by atoms with Crippen LogP contribution in [0, 0.1) is 6.92 Å². The zero-order chi connectivity index (χ0) is 22.1. The van der Waals surface area contributed by atoms with Gasteiger partial charge in [-0.1, -0.05) is 29.8 Å². The van der Waals surface area contributed by atoms with Crippen molar-refractivity contribution in [2.45, 2.75) is 19.9 Å². The van der Waals surface area contributed by atoms with Crippen molar-refractivity contribution in [1.29, 1.82) is 0 Å². The van der Waals surface area contributed by atoms with Crippen LogP contribution in [0.4, 0.5) is 5.95 Å².